The molecule has 0 aromatic heterocycles. The molecule has 0 radical (unpaired) electrons. The van der Waals surface area contributed by atoms with E-state index in [0.29, 0.717) is 29.3 Å². The Morgan fingerprint density at radius 2 is 2.12 bits per heavy atom. The molecule has 0 aliphatic rings. The van der Waals surface area contributed by atoms with Crippen molar-refractivity contribution in [2.24, 2.45) is 5.73 Å². The average Bonchev–Trinajstić information content (AvgIpc) is 2.28. The monoisotopic (exact) mass is 255 g/mol. The van der Waals surface area contributed by atoms with Crippen LogP contribution in [-0.2, 0) is 0 Å². The van der Waals surface area contributed by atoms with Gasteiger partial charge in [0.1, 0.15) is 5.75 Å². The number of rotatable bonds is 5. The number of halogens is 1. The van der Waals surface area contributed by atoms with Gasteiger partial charge in [-0.15, -0.1) is 0 Å². The number of ether oxygens (including phenoxy) is 1. The molecule has 0 saturated carbocycles. The van der Waals surface area contributed by atoms with Gasteiger partial charge in [-0.1, -0.05) is 25.4 Å². The van der Waals surface area contributed by atoms with Crippen molar-refractivity contribution < 1.29 is 9.53 Å². The lowest BCUT2D eigenvalue weighted by molar-refractivity contribution is 0.0982. The van der Waals surface area contributed by atoms with Gasteiger partial charge in [0.25, 0.3) is 0 Å². The molecule has 3 nitrogen and oxygen atoms in total. The number of methoxy groups -OCH3 is 1. The van der Waals surface area contributed by atoms with Crippen LogP contribution in [0.25, 0.3) is 0 Å². The van der Waals surface area contributed by atoms with Crippen molar-refractivity contribution in [2.75, 3.05) is 13.7 Å². The topological polar surface area (TPSA) is 52.3 Å². The molecule has 0 bridgehead atoms. The first-order chi connectivity index (χ1) is 8.01. The third-order valence-electron chi connectivity index (χ3n) is 2.61. The number of Topliss-reactive ketones (excluding diaryl/α,β-unsaturated/α-hetero) is 1. The average molecular weight is 256 g/mol. The third-order valence-corrected chi connectivity index (χ3v) is 2.94. The van der Waals surface area contributed by atoms with Gasteiger partial charge >= 0.3 is 0 Å². The standard InChI is InChI=1S/C13H18ClNO2/c1-8(2)9-7-13(17-3)10(6-11(9)14)12(16)4-5-15/h6-8H,4-5,15H2,1-3H3. The lowest BCUT2D eigenvalue weighted by Gasteiger charge is -2.14. The van der Waals surface area contributed by atoms with E-state index in [1.165, 1.54) is 0 Å². The van der Waals surface area contributed by atoms with Crippen molar-refractivity contribution >= 4 is 17.4 Å². The summed E-state index contributed by atoms with van der Waals surface area (Å²) < 4.78 is 5.24. The summed E-state index contributed by atoms with van der Waals surface area (Å²) in [5.41, 5.74) is 6.87. The van der Waals surface area contributed by atoms with Gasteiger partial charge in [0.15, 0.2) is 5.78 Å². The largest absolute Gasteiger partial charge is 0.496 e. The van der Waals surface area contributed by atoms with Gasteiger partial charge in [-0.25, -0.2) is 0 Å². The van der Waals surface area contributed by atoms with E-state index in [4.69, 9.17) is 22.1 Å². The predicted octanol–water partition coefficient (Wildman–Crippen LogP) is 3.00. The minimum absolute atomic E-state index is 0.0402. The van der Waals surface area contributed by atoms with Gasteiger partial charge in [0, 0.05) is 11.4 Å². The van der Waals surface area contributed by atoms with Gasteiger partial charge in [0.2, 0.25) is 0 Å². The van der Waals surface area contributed by atoms with E-state index < -0.39 is 0 Å². The quantitative estimate of drug-likeness (QED) is 0.823. The smallest absolute Gasteiger partial charge is 0.167 e. The van der Waals surface area contributed by atoms with E-state index in [1.54, 1.807) is 13.2 Å². The lowest BCUT2D eigenvalue weighted by atomic mass is 9.98. The molecule has 4 heteroatoms. The number of carbonyl (C=O) groups excluding carboxylic acids is 1. The fourth-order valence-corrected chi connectivity index (χ4v) is 2.05. The Labute approximate surface area is 107 Å². The molecule has 1 aromatic carbocycles. The van der Waals surface area contributed by atoms with Crippen LogP contribution in [0.2, 0.25) is 5.02 Å². The van der Waals surface area contributed by atoms with E-state index in [1.807, 2.05) is 19.9 Å². The maximum atomic E-state index is 11.8. The summed E-state index contributed by atoms with van der Waals surface area (Å²) >= 11 is 6.16. The highest BCUT2D eigenvalue weighted by Gasteiger charge is 2.16. The Bertz CT molecular complexity index is 416. The lowest BCUT2D eigenvalue weighted by Crippen LogP contribution is -2.10. The second-order valence-corrected chi connectivity index (χ2v) is 4.60. The Kier molecular flexibility index (Phi) is 4.97. The second kappa shape index (κ2) is 6.03. The van der Waals surface area contributed by atoms with Crippen LogP contribution in [0.5, 0.6) is 5.75 Å². The molecule has 17 heavy (non-hydrogen) atoms. The molecule has 0 fully saturated rings. The van der Waals surface area contributed by atoms with Crippen molar-refractivity contribution in [3.8, 4) is 5.75 Å². The molecule has 0 unspecified atom stereocenters. The first-order valence-electron chi connectivity index (χ1n) is 5.62. The Morgan fingerprint density at radius 3 is 2.59 bits per heavy atom. The second-order valence-electron chi connectivity index (χ2n) is 4.19. The Morgan fingerprint density at radius 1 is 1.47 bits per heavy atom. The van der Waals surface area contributed by atoms with E-state index in [0.717, 1.165) is 5.56 Å². The normalized spacial score (nSPS) is 10.7. The van der Waals surface area contributed by atoms with Crippen LogP contribution in [-0.4, -0.2) is 19.4 Å². The van der Waals surface area contributed by atoms with Gasteiger partial charge in [-0.2, -0.15) is 0 Å². The number of nitrogens with two attached hydrogens (primary N) is 1. The van der Waals surface area contributed by atoms with Crippen LogP contribution in [0.3, 0.4) is 0 Å². The summed E-state index contributed by atoms with van der Waals surface area (Å²) in [7, 11) is 1.55. The highest BCUT2D eigenvalue weighted by Crippen LogP contribution is 2.32. The summed E-state index contributed by atoms with van der Waals surface area (Å²) in [6, 6.07) is 3.50. The highest BCUT2D eigenvalue weighted by atomic mass is 35.5. The van der Waals surface area contributed by atoms with E-state index in [2.05, 4.69) is 0 Å². The zero-order chi connectivity index (χ0) is 13.0. The number of benzene rings is 1. The van der Waals surface area contributed by atoms with Crippen molar-refractivity contribution in [3.63, 3.8) is 0 Å². The molecule has 0 atom stereocenters. The minimum Gasteiger partial charge on any atom is -0.496 e. The van der Waals surface area contributed by atoms with Crippen LogP contribution < -0.4 is 10.5 Å². The molecule has 0 spiro atoms. The number of hydrogen-bond donors (Lipinski definition) is 1. The first kappa shape index (κ1) is 14.0. The number of ketones is 1. The van der Waals surface area contributed by atoms with E-state index in [-0.39, 0.29) is 11.7 Å². The predicted molar refractivity (Wildman–Crippen MR) is 70.1 cm³/mol. The molecule has 0 aliphatic carbocycles. The van der Waals surface area contributed by atoms with Gasteiger partial charge in [-0.05, 0) is 30.2 Å². The Hall–Kier alpha value is -1.06. The van der Waals surface area contributed by atoms with Crippen molar-refractivity contribution in [1.82, 2.24) is 0 Å². The fraction of sp³-hybridized carbons (Fsp3) is 0.462. The Balaban J connectivity index is 3.23. The molecular formula is C13H18ClNO2. The van der Waals surface area contributed by atoms with Gasteiger partial charge < -0.3 is 10.5 Å². The van der Waals surface area contributed by atoms with Gasteiger partial charge in [-0.3, -0.25) is 4.79 Å². The van der Waals surface area contributed by atoms with Crippen molar-refractivity contribution in [2.45, 2.75) is 26.2 Å². The number of carbonyl (C=O) groups is 1. The number of hydrogen-bond acceptors (Lipinski definition) is 3. The molecule has 2 N–H and O–H groups in total. The van der Waals surface area contributed by atoms with Crippen LogP contribution in [0.4, 0.5) is 0 Å². The fourth-order valence-electron chi connectivity index (χ4n) is 1.66. The maximum Gasteiger partial charge on any atom is 0.167 e. The van der Waals surface area contributed by atoms with Crippen LogP contribution in [0, 0.1) is 0 Å². The van der Waals surface area contributed by atoms with Crippen LogP contribution >= 0.6 is 11.6 Å². The molecule has 0 aliphatic heterocycles. The van der Waals surface area contributed by atoms with Crippen LogP contribution in [0.1, 0.15) is 42.1 Å². The summed E-state index contributed by atoms with van der Waals surface area (Å²) in [5.74, 6) is 0.813. The van der Waals surface area contributed by atoms with Crippen LogP contribution in [0.15, 0.2) is 12.1 Å². The zero-order valence-electron chi connectivity index (χ0n) is 10.4. The summed E-state index contributed by atoms with van der Waals surface area (Å²) in [6.07, 6.45) is 0.299. The van der Waals surface area contributed by atoms with Crippen molar-refractivity contribution in [3.05, 3.63) is 28.3 Å². The van der Waals surface area contributed by atoms with E-state index >= 15 is 0 Å². The molecular weight excluding hydrogens is 238 g/mol. The molecule has 0 heterocycles. The molecule has 94 valence electrons. The minimum atomic E-state index is -0.0402. The molecule has 0 saturated heterocycles. The van der Waals surface area contributed by atoms with E-state index in [9.17, 15) is 4.79 Å². The SMILES string of the molecule is COc1cc(C(C)C)c(Cl)cc1C(=O)CCN. The summed E-state index contributed by atoms with van der Waals surface area (Å²) in [6.45, 7) is 4.41. The summed E-state index contributed by atoms with van der Waals surface area (Å²) in [4.78, 5) is 11.8. The van der Waals surface area contributed by atoms with Crippen molar-refractivity contribution in [1.29, 1.82) is 0 Å². The first-order valence-corrected chi connectivity index (χ1v) is 5.99. The molecule has 0 amide bonds. The molecule has 1 rings (SSSR count). The highest BCUT2D eigenvalue weighted by molar-refractivity contribution is 6.32. The van der Waals surface area contributed by atoms with Gasteiger partial charge in [0.05, 0.1) is 12.7 Å². The maximum absolute atomic E-state index is 11.8. The zero-order valence-corrected chi connectivity index (χ0v) is 11.2. The summed E-state index contributed by atoms with van der Waals surface area (Å²) in [5, 5.41) is 0.598. The third kappa shape index (κ3) is 3.20. The molecule has 1 aromatic rings.